The molecule has 3 aromatic carbocycles. The van der Waals surface area contributed by atoms with Crippen LogP contribution in [-0.4, -0.2) is 59.0 Å². The maximum absolute atomic E-state index is 14.1. The number of anilines is 1. The predicted molar refractivity (Wildman–Crippen MR) is 160 cm³/mol. The number of aryl methyl sites for hydroxylation is 1. The van der Waals surface area contributed by atoms with Crippen molar-refractivity contribution in [2.24, 2.45) is 0 Å². The van der Waals surface area contributed by atoms with E-state index < -0.39 is 34.4 Å². The SMILES string of the molecule is CC[C@H](C(=O)NC)N(Cc1c(Cl)cccc1Cl)C(=O)CN(c1ccc(C)cc1)S(=O)(=O)c1ccc(OC)c(OC)c1. The van der Waals surface area contributed by atoms with Crippen LogP contribution in [0, 0.1) is 6.92 Å². The zero-order chi connectivity index (χ0) is 30.3. The van der Waals surface area contributed by atoms with E-state index in [-0.39, 0.29) is 29.3 Å². The van der Waals surface area contributed by atoms with Crippen molar-refractivity contribution in [3.05, 3.63) is 81.8 Å². The molecule has 3 rings (SSSR count). The zero-order valence-electron chi connectivity index (χ0n) is 23.5. The fourth-order valence-electron chi connectivity index (χ4n) is 4.28. The van der Waals surface area contributed by atoms with Gasteiger partial charge < -0.3 is 19.7 Å². The van der Waals surface area contributed by atoms with E-state index in [4.69, 9.17) is 32.7 Å². The number of nitrogens with one attached hydrogen (secondary N) is 1. The number of ether oxygens (including phenoxy) is 2. The minimum atomic E-state index is -4.30. The molecule has 0 aromatic heterocycles. The Morgan fingerprint density at radius 3 is 2.10 bits per heavy atom. The summed E-state index contributed by atoms with van der Waals surface area (Å²) in [6.07, 6.45) is 0.264. The first kappa shape index (κ1) is 32.0. The molecule has 220 valence electrons. The number of sulfonamides is 1. The number of rotatable bonds is 12. The van der Waals surface area contributed by atoms with Gasteiger partial charge in [0.15, 0.2) is 11.5 Å². The molecule has 0 unspecified atom stereocenters. The number of methoxy groups -OCH3 is 2. The lowest BCUT2D eigenvalue weighted by Crippen LogP contribution is -2.51. The van der Waals surface area contributed by atoms with Crippen molar-refractivity contribution in [1.29, 1.82) is 0 Å². The van der Waals surface area contributed by atoms with Gasteiger partial charge in [-0.3, -0.25) is 13.9 Å². The quantitative estimate of drug-likeness (QED) is 0.303. The van der Waals surface area contributed by atoms with E-state index in [9.17, 15) is 18.0 Å². The smallest absolute Gasteiger partial charge is 0.264 e. The molecule has 0 heterocycles. The summed E-state index contributed by atoms with van der Waals surface area (Å²) in [7, 11) is 0.00944. The third-order valence-corrected chi connectivity index (χ3v) is 9.04. The van der Waals surface area contributed by atoms with Crippen LogP contribution < -0.4 is 19.1 Å². The molecule has 9 nitrogen and oxygen atoms in total. The van der Waals surface area contributed by atoms with Crippen LogP contribution in [0.1, 0.15) is 24.5 Å². The lowest BCUT2D eigenvalue weighted by molar-refractivity contribution is -0.140. The van der Waals surface area contributed by atoms with Crippen molar-refractivity contribution in [3.63, 3.8) is 0 Å². The minimum absolute atomic E-state index is 0.109. The monoisotopic (exact) mass is 621 g/mol. The molecule has 41 heavy (non-hydrogen) atoms. The van der Waals surface area contributed by atoms with E-state index >= 15 is 0 Å². The lowest BCUT2D eigenvalue weighted by atomic mass is 10.1. The second kappa shape index (κ2) is 13.9. The van der Waals surface area contributed by atoms with Crippen LogP contribution in [0.2, 0.25) is 10.0 Å². The number of benzene rings is 3. The van der Waals surface area contributed by atoms with Gasteiger partial charge in [-0.05, 0) is 49.7 Å². The Morgan fingerprint density at radius 1 is 0.951 bits per heavy atom. The molecule has 3 aromatic rings. The second-order valence-corrected chi connectivity index (χ2v) is 11.8. The van der Waals surface area contributed by atoms with Crippen LogP contribution in [0.4, 0.5) is 5.69 Å². The van der Waals surface area contributed by atoms with Gasteiger partial charge in [-0.1, -0.05) is 53.9 Å². The summed E-state index contributed by atoms with van der Waals surface area (Å²) in [5.41, 5.74) is 1.61. The Morgan fingerprint density at radius 2 is 1.56 bits per heavy atom. The minimum Gasteiger partial charge on any atom is -0.493 e. The van der Waals surface area contributed by atoms with E-state index in [0.29, 0.717) is 21.4 Å². The van der Waals surface area contributed by atoms with Crippen molar-refractivity contribution in [1.82, 2.24) is 10.2 Å². The van der Waals surface area contributed by atoms with Crippen molar-refractivity contribution >= 4 is 50.7 Å². The van der Waals surface area contributed by atoms with Gasteiger partial charge in [0.2, 0.25) is 11.8 Å². The van der Waals surface area contributed by atoms with Gasteiger partial charge in [0.05, 0.1) is 24.8 Å². The molecular formula is C29H33Cl2N3O6S. The highest BCUT2D eigenvalue weighted by Gasteiger charge is 2.34. The topological polar surface area (TPSA) is 105 Å². The Hall–Kier alpha value is -3.47. The summed E-state index contributed by atoms with van der Waals surface area (Å²) < 4.78 is 39.7. The summed E-state index contributed by atoms with van der Waals surface area (Å²) in [6, 6.07) is 14.9. The maximum atomic E-state index is 14.1. The molecule has 0 aliphatic rings. The van der Waals surface area contributed by atoms with Gasteiger partial charge in [0, 0.05) is 35.3 Å². The molecule has 0 fully saturated rings. The van der Waals surface area contributed by atoms with Gasteiger partial charge >= 0.3 is 0 Å². The van der Waals surface area contributed by atoms with Crippen LogP contribution >= 0.6 is 23.2 Å². The van der Waals surface area contributed by atoms with Crippen molar-refractivity contribution < 1.29 is 27.5 Å². The van der Waals surface area contributed by atoms with E-state index in [1.54, 1.807) is 49.4 Å². The van der Waals surface area contributed by atoms with Gasteiger partial charge in [-0.15, -0.1) is 0 Å². The Balaban J connectivity index is 2.13. The third-order valence-electron chi connectivity index (χ3n) is 6.57. The molecule has 0 saturated heterocycles. The van der Waals surface area contributed by atoms with E-state index in [2.05, 4.69) is 5.32 Å². The van der Waals surface area contributed by atoms with Gasteiger partial charge in [0.1, 0.15) is 12.6 Å². The lowest BCUT2D eigenvalue weighted by Gasteiger charge is -2.33. The molecule has 0 bridgehead atoms. The molecule has 0 aliphatic carbocycles. The second-order valence-electron chi connectivity index (χ2n) is 9.12. The molecule has 0 aliphatic heterocycles. The molecule has 0 saturated carbocycles. The largest absolute Gasteiger partial charge is 0.493 e. The van der Waals surface area contributed by atoms with Gasteiger partial charge in [0.25, 0.3) is 10.0 Å². The number of nitrogens with zero attached hydrogens (tertiary/aromatic N) is 2. The van der Waals surface area contributed by atoms with E-state index in [0.717, 1.165) is 9.87 Å². The summed E-state index contributed by atoms with van der Waals surface area (Å²) in [4.78, 5) is 28.1. The molecule has 1 N–H and O–H groups in total. The number of likely N-dealkylation sites (N-methyl/N-ethyl adjacent to an activating group) is 1. The molecule has 2 amide bonds. The first-order valence-corrected chi connectivity index (χ1v) is 14.9. The Labute approximate surface area is 251 Å². The number of amides is 2. The Kier molecular flexibility index (Phi) is 10.9. The van der Waals surface area contributed by atoms with Crippen LogP contribution in [0.15, 0.2) is 65.6 Å². The number of hydrogen-bond donors (Lipinski definition) is 1. The number of carbonyl (C=O) groups excluding carboxylic acids is 2. The maximum Gasteiger partial charge on any atom is 0.264 e. The van der Waals surface area contributed by atoms with Gasteiger partial charge in [-0.25, -0.2) is 8.42 Å². The van der Waals surface area contributed by atoms with E-state index in [1.165, 1.54) is 44.4 Å². The van der Waals surface area contributed by atoms with Crippen LogP contribution in [0.25, 0.3) is 0 Å². The highest BCUT2D eigenvalue weighted by molar-refractivity contribution is 7.92. The highest BCUT2D eigenvalue weighted by atomic mass is 35.5. The first-order valence-electron chi connectivity index (χ1n) is 12.7. The van der Waals surface area contributed by atoms with Crippen molar-refractivity contribution in [3.8, 4) is 11.5 Å². The van der Waals surface area contributed by atoms with Crippen LogP contribution in [0.3, 0.4) is 0 Å². The van der Waals surface area contributed by atoms with Gasteiger partial charge in [-0.2, -0.15) is 0 Å². The summed E-state index contributed by atoms with van der Waals surface area (Å²) in [5, 5.41) is 3.21. The molecule has 12 heteroatoms. The fourth-order valence-corrected chi connectivity index (χ4v) is 6.23. The summed E-state index contributed by atoms with van der Waals surface area (Å²) in [5.74, 6) is -0.470. The van der Waals surface area contributed by atoms with Crippen molar-refractivity contribution in [2.45, 2.75) is 37.8 Å². The fraction of sp³-hybridized carbons (Fsp3) is 0.310. The molecule has 1 atom stereocenters. The Bertz CT molecular complexity index is 1480. The average molecular weight is 623 g/mol. The predicted octanol–water partition coefficient (Wildman–Crippen LogP) is 5.07. The third kappa shape index (κ3) is 7.25. The number of hydrogen-bond acceptors (Lipinski definition) is 6. The number of carbonyl (C=O) groups is 2. The van der Waals surface area contributed by atoms with Crippen LogP contribution in [-0.2, 0) is 26.2 Å². The molecular weight excluding hydrogens is 589 g/mol. The van der Waals surface area contributed by atoms with E-state index in [1.807, 2.05) is 6.92 Å². The average Bonchev–Trinajstić information content (AvgIpc) is 2.96. The summed E-state index contributed by atoms with van der Waals surface area (Å²) >= 11 is 12.8. The standard InChI is InChI=1S/C29H33Cl2N3O6S/c1-6-25(29(36)32-3)33(17-22-23(30)8-7-9-24(22)31)28(35)18-34(20-12-10-19(2)11-13-20)41(37,38)21-14-15-26(39-4)27(16-21)40-5/h7-16,25H,6,17-18H2,1-5H3,(H,32,36)/t25-/m1/s1. The summed E-state index contributed by atoms with van der Waals surface area (Å²) in [6.45, 7) is 2.91. The number of halogens is 2. The zero-order valence-corrected chi connectivity index (χ0v) is 25.8. The van der Waals surface area contributed by atoms with Crippen LogP contribution in [0.5, 0.6) is 11.5 Å². The first-order chi connectivity index (χ1) is 19.5. The molecule has 0 spiro atoms. The molecule has 0 radical (unpaired) electrons. The highest BCUT2D eigenvalue weighted by Crippen LogP contribution is 2.33. The van der Waals surface area contributed by atoms with Crippen molar-refractivity contribution in [2.75, 3.05) is 32.1 Å². The normalized spacial score (nSPS) is 11.9.